The first-order chi connectivity index (χ1) is 4.09. The molecule has 0 aliphatic heterocycles. The van der Waals surface area contributed by atoms with Crippen LogP contribution in [-0.4, -0.2) is 11.9 Å². The molecule has 0 aromatic carbocycles. The molecule has 0 saturated carbocycles. The molecule has 0 aliphatic carbocycles. The molecule has 0 aliphatic rings. The first-order valence-corrected chi connectivity index (χ1v) is 2.51. The van der Waals surface area contributed by atoms with Gasteiger partial charge in [0.25, 0.3) is 0 Å². The standard InChI is InChI=1S/C5H8O4.2H2N.Pt/c1-2-3(4(6)7)5(8)9;;;/h3H,2H2,1H3,(H,6,7)(H,8,9);2*1H2;/q;2*-1;+4/p-2. The second-order valence-electron chi connectivity index (χ2n) is 1.60. The number of carbonyl (C=O) groups is 2. The topological polar surface area (TPSA) is 147 Å². The normalized spacial score (nSPS) is 7.17. The summed E-state index contributed by atoms with van der Waals surface area (Å²) in [6.45, 7) is 1.44. The van der Waals surface area contributed by atoms with E-state index in [1.165, 1.54) is 6.92 Å². The van der Waals surface area contributed by atoms with Gasteiger partial charge in [0.15, 0.2) is 0 Å². The summed E-state index contributed by atoms with van der Waals surface area (Å²) in [4.78, 5) is 19.7. The van der Waals surface area contributed by atoms with E-state index in [0.717, 1.165) is 0 Å². The molecule has 0 atom stereocenters. The second kappa shape index (κ2) is 10.5. The summed E-state index contributed by atoms with van der Waals surface area (Å²) in [6, 6.07) is 0. The maximum atomic E-state index is 9.84. The number of hydrogen-bond donors (Lipinski definition) is 0. The van der Waals surface area contributed by atoms with Crippen molar-refractivity contribution in [2.45, 2.75) is 13.3 Å². The van der Waals surface area contributed by atoms with Crippen molar-refractivity contribution in [1.29, 1.82) is 0 Å². The van der Waals surface area contributed by atoms with Crippen LogP contribution in [0.15, 0.2) is 0 Å². The minimum Gasteiger partial charge on any atom is -0.693 e. The first-order valence-electron chi connectivity index (χ1n) is 2.51. The molecule has 0 amide bonds. The molecule has 6 nitrogen and oxygen atoms in total. The van der Waals surface area contributed by atoms with Gasteiger partial charge in [-0.3, -0.25) is 0 Å². The van der Waals surface area contributed by atoms with Crippen molar-refractivity contribution in [2.24, 2.45) is 5.92 Å². The fourth-order valence-electron chi connectivity index (χ4n) is 0.430. The van der Waals surface area contributed by atoms with E-state index in [1.807, 2.05) is 0 Å². The van der Waals surface area contributed by atoms with Crippen molar-refractivity contribution in [2.75, 3.05) is 0 Å². The average Bonchev–Trinajstić information content (AvgIpc) is 1.64. The summed E-state index contributed by atoms with van der Waals surface area (Å²) in [5.41, 5.74) is 0. The smallest absolute Gasteiger partial charge is 0.693 e. The summed E-state index contributed by atoms with van der Waals surface area (Å²) in [5, 5.41) is 19.7. The zero-order valence-electron chi connectivity index (χ0n) is 6.39. The van der Waals surface area contributed by atoms with E-state index in [0.29, 0.717) is 0 Å². The maximum absolute atomic E-state index is 9.84. The molecular formula is C5H10N2O4Pt. The van der Waals surface area contributed by atoms with Gasteiger partial charge in [0.2, 0.25) is 0 Å². The summed E-state index contributed by atoms with van der Waals surface area (Å²) >= 11 is 0. The predicted molar refractivity (Wildman–Crippen MR) is 34.4 cm³/mol. The minimum absolute atomic E-state index is 0. The molecule has 0 rings (SSSR count). The van der Waals surface area contributed by atoms with E-state index in [9.17, 15) is 19.8 Å². The third kappa shape index (κ3) is 7.65. The number of hydrogen-bond acceptors (Lipinski definition) is 4. The van der Waals surface area contributed by atoms with Crippen LogP contribution in [0.1, 0.15) is 13.3 Å². The van der Waals surface area contributed by atoms with Crippen molar-refractivity contribution in [3.63, 3.8) is 0 Å². The van der Waals surface area contributed by atoms with Crippen LogP contribution < -0.4 is 10.2 Å². The Morgan fingerprint density at radius 3 is 1.42 bits per heavy atom. The second-order valence-corrected chi connectivity index (χ2v) is 1.60. The van der Waals surface area contributed by atoms with Crippen LogP contribution in [0.25, 0.3) is 12.3 Å². The van der Waals surface area contributed by atoms with Gasteiger partial charge in [0, 0.05) is 5.92 Å². The first kappa shape index (κ1) is 22.6. The molecule has 0 aromatic rings. The Hall–Kier alpha value is -0.452. The molecule has 4 N–H and O–H groups in total. The predicted octanol–water partition coefficient (Wildman–Crippen LogP) is -1.06. The molecule has 0 radical (unpaired) electrons. The van der Waals surface area contributed by atoms with Crippen molar-refractivity contribution < 1.29 is 40.9 Å². The van der Waals surface area contributed by atoms with Crippen molar-refractivity contribution in [1.82, 2.24) is 0 Å². The van der Waals surface area contributed by atoms with E-state index in [-0.39, 0.29) is 39.8 Å². The van der Waals surface area contributed by atoms with E-state index in [1.54, 1.807) is 0 Å². The Balaban J connectivity index is -0.000000107. The SMILES string of the molecule is CCC(C(=O)[O-])C(=O)[O-].[NH2-].[NH2-].[Pt+4]. The van der Waals surface area contributed by atoms with Gasteiger partial charge in [-0.1, -0.05) is 6.92 Å². The Morgan fingerprint density at radius 2 is 1.42 bits per heavy atom. The number of rotatable bonds is 3. The molecule has 0 unspecified atom stereocenters. The quantitative estimate of drug-likeness (QED) is 0.592. The van der Waals surface area contributed by atoms with E-state index in [4.69, 9.17) is 0 Å². The maximum Gasteiger partial charge on any atom is 4.00 e. The van der Waals surface area contributed by atoms with E-state index < -0.39 is 17.9 Å². The van der Waals surface area contributed by atoms with E-state index >= 15 is 0 Å². The number of nitrogens with two attached hydrogens (primary N) is 2. The van der Waals surface area contributed by atoms with Gasteiger partial charge in [-0.2, -0.15) is 0 Å². The molecule has 7 heteroatoms. The van der Waals surface area contributed by atoms with Crippen molar-refractivity contribution in [3.8, 4) is 0 Å². The molecule has 0 spiro atoms. The van der Waals surface area contributed by atoms with Gasteiger partial charge in [0.1, 0.15) is 0 Å². The summed E-state index contributed by atoms with van der Waals surface area (Å²) in [7, 11) is 0. The summed E-state index contributed by atoms with van der Waals surface area (Å²) < 4.78 is 0. The molecule has 0 bridgehead atoms. The van der Waals surface area contributed by atoms with Gasteiger partial charge < -0.3 is 32.1 Å². The van der Waals surface area contributed by atoms with Gasteiger partial charge in [-0.05, 0) is 6.42 Å². The average molecular weight is 357 g/mol. The fraction of sp³-hybridized carbons (Fsp3) is 0.600. The number of carbonyl (C=O) groups excluding carboxylic acids is 2. The third-order valence-electron chi connectivity index (χ3n) is 0.977. The van der Waals surface area contributed by atoms with Gasteiger partial charge in [-0.15, -0.1) is 0 Å². The van der Waals surface area contributed by atoms with Crippen LogP contribution >= 0.6 is 0 Å². The van der Waals surface area contributed by atoms with Crippen LogP contribution in [0.4, 0.5) is 0 Å². The molecule has 12 heavy (non-hydrogen) atoms. The zero-order chi connectivity index (χ0) is 7.44. The third-order valence-corrected chi connectivity index (χ3v) is 0.977. The number of carboxylic acids is 2. The zero-order valence-corrected chi connectivity index (χ0v) is 8.66. The monoisotopic (exact) mass is 357 g/mol. The van der Waals surface area contributed by atoms with Gasteiger partial charge in [0.05, 0.1) is 11.9 Å². The Morgan fingerprint density at radius 1 is 1.17 bits per heavy atom. The van der Waals surface area contributed by atoms with Crippen LogP contribution in [0.3, 0.4) is 0 Å². The molecule has 0 fully saturated rings. The summed E-state index contributed by atoms with van der Waals surface area (Å²) in [5.74, 6) is -4.64. The minimum atomic E-state index is -1.59. The number of carboxylic acid groups (broad SMARTS) is 2. The molecule has 0 aromatic heterocycles. The Kier molecular flexibility index (Phi) is 19.8. The Labute approximate surface area is 84.8 Å². The molecule has 74 valence electrons. The van der Waals surface area contributed by atoms with Gasteiger partial charge >= 0.3 is 21.1 Å². The molecule has 0 saturated heterocycles. The fourth-order valence-corrected chi connectivity index (χ4v) is 0.430. The van der Waals surface area contributed by atoms with Crippen LogP contribution in [0.2, 0.25) is 0 Å². The van der Waals surface area contributed by atoms with Crippen LogP contribution in [0, 0.1) is 5.92 Å². The van der Waals surface area contributed by atoms with Gasteiger partial charge in [-0.25, -0.2) is 0 Å². The molecular weight excluding hydrogens is 347 g/mol. The molecule has 0 heterocycles. The summed E-state index contributed by atoms with van der Waals surface area (Å²) in [6.07, 6.45) is 0.00463. The van der Waals surface area contributed by atoms with Crippen molar-refractivity contribution in [3.05, 3.63) is 12.3 Å². The number of aliphatic carboxylic acids is 2. The Bertz CT molecular complexity index is 127. The van der Waals surface area contributed by atoms with Crippen molar-refractivity contribution >= 4 is 11.9 Å². The van der Waals surface area contributed by atoms with E-state index in [2.05, 4.69) is 0 Å². The van der Waals surface area contributed by atoms with Crippen LogP contribution in [-0.2, 0) is 30.7 Å². The largest absolute Gasteiger partial charge is 4.00 e. The van der Waals surface area contributed by atoms with Crippen LogP contribution in [0.5, 0.6) is 0 Å².